The minimum Gasteiger partial charge on any atom is -0.544 e. The number of quaternary nitrogens is 1. The Morgan fingerprint density at radius 3 is 1.53 bits per heavy atom. The molecule has 0 radical (unpaired) electrons. The summed E-state index contributed by atoms with van der Waals surface area (Å²) in [6, 6.07) is -0.730. The number of carbonyl (C=O) groups is 3. The smallest absolute Gasteiger partial charge is 0.306 e. The fraction of sp³-hybridized carbons (Fsp3) is 0.766. The number of nitrogens with zero attached hydrogens (tertiary/aromatic N) is 1. The fourth-order valence-electron chi connectivity index (χ4n) is 6.26. The van der Waals surface area contributed by atoms with Gasteiger partial charge < -0.3 is 28.6 Å². The van der Waals surface area contributed by atoms with E-state index in [1.54, 1.807) is 21.1 Å². The van der Waals surface area contributed by atoms with Crippen LogP contribution in [0.15, 0.2) is 48.6 Å². The molecule has 2 atom stereocenters. The summed E-state index contributed by atoms with van der Waals surface area (Å²) in [4.78, 5) is 36.8. The van der Waals surface area contributed by atoms with E-state index in [1.807, 2.05) is 0 Å². The molecule has 8 heteroatoms. The van der Waals surface area contributed by atoms with Gasteiger partial charge >= 0.3 is 11.9 Å². The number of likely N-dealkylation sites (N-methyl/N-ethyl adjacent to an activating group) is 1. The quantitative estimate of drug-likeness (QED) is 0.0265. The average Bonchev–Trinajstić information content (AvgIpc) is 3.14. The van der Waals surface area contributed by atoms with Crippen LogP contribution in [0.3, 0.4) is 0 Å². The molecule has 8 nitrogen and oxygen atoms in total. The van der Waals surface area contributed by atoms with Gasteiger partial charge in [-0.2, -0.15) is 0 Å². The molecular weight excluding hydrogens is 691 g/mol. The summed E-state index contributed by atoms with van der Waals surface area (Å²) in [5.41, 5.74) is 0. The summed E-state index contributed by atoms with van der Waals surface area (Å²) in [6.07, 6.45) is 44.2. The number of allylic oxidation sites excluding steroid dienone is 8. The van der Waals surface area contributed by atoms with Crippen LogP contribution in [0.2, 0.25) is 0 Å². The predicted molar refractivity (Wildman–Crippen MR) is 226 cm³/mol. The molecule has 0 aromatic heterocycles. The molecular formula is C47H83NO7. The molecule has 318 valence electrons. The lowest BCUT2D eigenvalue weighted by atomic mass is 10.1. The number of unbranched alkanes of at least 4 members (excludes halogenated alkanes) is 17. The van der Waals surface area contributed by atoms with Crippen molar-refractivity contribution < 1.29 is 38.2 Å². The predicted octanol–water partition coefficient (Wildman–Crippen LogP) is 10.7. The van der Waals surface area contributed by atoms with Crippen LogP contribution in [0.5, 0.6) is 0 Å². The lowest BCUT2D eigenvalue weighted by molar-refractivity contribution is -0.889. The van der Waals surface area contributed by atoms with Crippen molar-refractivity contribution in [2.24, 2.45) is 0 Å². The summed E-state index contributed by atoms with van der Waals surface area (Å²) in [5.74, 6) is -1.77. The van der Waals surface area contributed by atoms with Gasteiger partial charge in [-0.25, -0.2) is 0 Å². The molecule has 0 saturated heterocycles. The first kappa shape index (κ1) is 52.3. The highest BCUT2D eigenvalue weighted by Gasteiger charge is 2.25. The lowest BCUT2D eigenvalue weighted by Gasteiger charge is -2.34. The third kappa shape index (κ3) is 36.7. The van der Waals surface area contributed by atoms with Crippen LogP contribution in [0, 0.1) is 0 Å². The van der Waals surface area contributed by atoms with E-state index in [1.165, 1.54) is 57.8 Å². The second kappa shape index (κ2) is 38.2. The molecule has 0 aliphatic heterocycles. The maximum absolute atomic E-state index is 12.7. The van der Waals surface area contributed by atoms with Gasteiger partial charge in [0, 0.05) is 19.3 Å². The van der Waals surface area contributed by atoms with E-state index in [-0.39, 0.29) is 42.7 Å². The van der Waals surface area contributed by atoms with E-state index in [0.717, 1.165) is 89.9 Å². The van der Waals surface area contributed by atoms with Gasteiger partial charge in [-0.3, -0.25) is 9.59 Å². The van der Waals surface area contributed by atoms with Crippen molar-refractivity contribution in [3.05, 3.63) is 48.6 Å². The number of carboxylic acid groups (broad SMARTS) is 1. The molecule has 0 fully saturated rings. The minimum absolute atomic E-state index is 0.0304. The Kier molecular flexibility index (Phi) is 36.3. The SMILES string of the molecule is CC/C=C\C/C=C\C/C=C\CCCCCCCC(=O)OC(COCCC(C(=O)[O-])[N+](C)(C)C)COC(=O)CCCCCCC/C=C\CCCCCCCCC. The maximum atomic E-state index is 12.7. The highest BCUT2D eigenvalue weighted by Crippen LogP contribution is 2.13. The summed E-state index contributed by atoms with van der Waals surface area (Å²) < 4.78 is 17.1. The van der Waals surface area contributed by atoms with Crippen molar-refractivity contribution in [3.63, 3.8) is 0 Å². The van der Waals surface area contributed by atoms with E-state index in [0.29, 0.717) is 12.8 Å². The van der Waals surface area contributed by atoms with E-state index < -0.39 is 18.1 Å². The standard InChI is InChI=1S/C47H83NO7/c1-6-8-10-12-14-16-18-20-22-24-25-27-29-31-33-35-37-45(49)54-42-43(41-53-40-39-44(47(51)52)48(3,4)5)55-46(50)38-36-34-32-30-28-26-23-21-19-17-15-13-11-9-7-2/h9,11,15,17,21-24,43-44H,6-8,10,12-14,16,18-20,25-42H2,1-5H3/b11-9-,17-15-,23-21-,24-22-. The molecule has 0 saturated carbocycles. The monoisotopic (exact) mass is 774 g/mol. The normalized spacial score (nSPS) is 13.4. The van der Waals surface area contributed by atoms with Crippen molar-refractivity contribution in [1.82, 2.24) is 0 Å². The molecule has 0 aliphatic rings. The van der Waals surface area contributed by atoms with Gasteiger partial charge in [0.25, 0.3) is 0 Å². The number of esters is 2. The van der Waals surface area contributed by atoms with Crippen LogP contribution in [0.1, 0.15) is 181 Å². The van der Waals surface area contributed by atoms with Crippen LogP contribution in [-0.2, 0) is 28.6 Å². The molecule has 0 aliphatic carbocycles. The first-order valence-corrected chi connectivity index (χ1v) is 22.2. The Bertz CT molecular complexity index is 1040. The molecule has 0 aromatic rings. The number of hydrogen-bond donors (Lipinski definition) is 0. The lowest BCUT2D eigenvalue weighted by Crippen LogP contribution is -2.55. The number of hydrogen-bond acceptors (Lipinski definition) is 7. The first-order chi connectivity index (χ1) is 26.6. The number of carbonyl (C=O) groups excluding carboxylic acids is 3. The van der Waals surface area contributed by atoms with Gasteiger partial charge in [-0.1, -0.05) is 140 Å². The number of ether oxygens (including phenoxy) is 3. The van der Waals surface area contributed by atoms with Crippen LogP contribution in [-0.4, -0.2) is 75.5 Å². The van der Waals surface area contributed by atoms with Crippen LogP contribution in [0.4, 0.5) is 0 Å². The number of aliphatic carboxylic acids is 1. The summed E-state index contributed by atoms with van der Waals surface area (Å²) >= 11 is 0. The molecule has 0 amide bonds. The second-order valence-corrected chi connectivity index (χ2v) is 15.9. The molecule has 2 unspecified atom stereocenters. The molecule has 0 heterocycles. The van der Waals surface area contributed by atoms with Crippen molar-refractivity contribution in [2.75, 3.05) is 41.0 Å². The maximum Gasteiger partial charge on any atom is 0.306 e. The molecule has 0 spiro atoms. The summed E-state index contributed by atoms with van der Waals surface area (Å²) in [7, 11) is 5.39. The van der Waals surface area contributed by atoms with Gasteiger partial charge in [-0.05, 0) is 70.6 Å². The Hall–Kier alpha value is -2.71. The van der Waals surface area contributed by atoms with Crippen LogP contribution < -0.4 is 5.11 Å². The van der Waals surface area contributed by atoms with Crippen molar-refractivity contribution >= 4 is 17.9 Å². The van der Waals surface area contributed by atoms with Crippen LogP contribution >= 0.6 is 0 Å². The number of carboxylic acids is 1. The van der Waals surface area contributed by atoms with Gasteiger partial charge in [0.15, 0.2) is 6.10 Å². The summed E-state index contributed by atoms with van der Waals surface area (Å²) in [6.45, 7) is 4.52. The zero-order valence-electron chi connectivity index (χ0n) is 36.1. The molecule has 0 bridgehead atoms. The van der Waals surface area contributed by atoms with Crippen molar-refractivity contribution in [2.45, 2.75) is 193 Å². The van der Waals surface area contributed by atoms with E-state index in [2.05, 4.69) is 62.5 Å². The third-order valence-corrected chi connectivity index (χ3v) is 9.70. The highest BCUT2D eigenvalue weighted by molar-refractivity contribution is 5.70. The van der Waals surface area contributed by atoms with Gasteiger partial charge in [-0.15, -0.1) is 0 Å². The zero-order valence-corrected chi connectivity index (χ0v) is 36.1. The van der Waals surface area contributed by atoms with E-state index in [4.69, 9.17) is 14.2 Å². The molecule has 0 N–H and O–H groups in total. The third-order valence-electron chi connectivity index (χ3n) is 9.70. The highest BCUT2D eigenvalue weighted by atomic mass is 16.6. The topological polar surface area (TPSA) is 102 Å². The van der Waals surface area contributed by atoms with Crippen molar-refractivity contribution in [1.29, 1.82) is 0 Å². The Labute approximate surface area is 337 Å². The largest absolute Gasteiger partial charge is 0.544 e. The first-order valence-electron chi connectivity index (χ1n) is 22.2. The average molecular weight is 774 g/mol. The van der Waals surface area contributed by atoms with Gasteiger partial charge in [0.05, 0.1) is 40.3 Å². The van der Waals surface area contributed by atoms with Crippen molar-refractivity contribution in [3.8, 4) is 0 Å². The zero-order chi connectivity index (χ0) is 40.7. The second-order valence-electron chi connectivity index (χ2n) is 15.9. The van der Waals surface area contributed by atoms with E-state index >= 15 is 0 Å². The van der Waals surface area contributed by atoms with E-state index in [9.17, 15) is 19.5 Å². The Balaban J connectivity index is 4.38. The Morgan fingerprint density at radius 1 is 0.564 bits per heavy atom. The fourth-order valence-corrected chi connectivity index (χ4v) is 6.26. The van der Waals surface area contributed by atoms with Gasteiger partial charge in [0.2, 0.25) is 0 Å². The molecule has 0 rings (SSSR count). The van der Waals surface area contributed by atoms with Gasteiger partial charge in [0.1, 0.15) is 12.6 Å². The molecule has 0 aromatic carbocycles. The molecule has 55 heavy (non-hydrogen) atoms. The van der Waals surface area contributed by atoms with Crippen LogP contribution in [0.25, 0.3) is 0 Å². The minimum atomic E-state index is -1.13. The Morgan fingerprint density at radius 2 is 1.02 bits per heavy atom. The number of rotatable bonds is 39. The summed E-state index contributed by atoms with van der Waals surface area (Å²) in [5, 5.41) is 11.6.